The van der Waals surface area contributed by atoms with Crippen LogP contribution in [0.15, 0.2) is 36.4 Å². The second-order valence-electron chi connectivity index (χ2n) is 5.93. The predicted molar refractivity (Wildman–Crippen MR) is 88.9 cm³/mol. The average molecular weight is 381 g/mol. The number of hydrogen-bond acceptors (Lipinski definition) is 2. The molecule has 0 aromatic heterocycles. The van der Waals surface area contributed by atoms with E-state index in [1.807, 2.05) is 0 Å². The Balaban J connectivity index is 1.59. The summed E-state index contributed by atoms with van der Waals surface area (Å²) < 4.78 is 53.5. The van der Waals surface area contributed by atoms with E-state index in [0.717, 1.165) is 24.3 Å². The minimum absolute atomic E-state index is 0.176. The van der Waals surface area contributed by atoms with E-state index < -0.39 is 35.2 Å². The smallest absolute Gasteiger partial charge is 0.325 e. The number of urea groups is 1. The monoisotopic (exact) mass is 381 g/mol. The lowest BCUT2D eigenvalue weighted by molar-refractivity contribution is -0.121. The minimum atomic E-state index is -1.08. The molecule has 1 saturated heterocycles. The molecule has 0 atom stereocenters. The van der Waals surface area contributed by atoms with Crippen LogP contribution in [-0.4, -0.2) is 36.5 Å². The zero-order valence-corrected chi connectivity index (χ0v) is 14.0. The molecule has 2 aromatic rings. The summed E-state index contributed by atoms with van der Waals surface area (Å²) in [5.74, 6) is -4.27. The molecular weight excluding hydrogens is 366 g/mol. The van der Waals surface area contributed by atoms with Crippen LogP contribution in [0, 0.1) is 23.3 Å². The number of nitrogens with zero attached hydrogens (tertiary/aromatic N) is 2. The SMILES string of the molecule is O=C(CN1CCN(c2ccc(F)c(F)c2)C1=O)NCc1c(F)cccc1F. The zero-order chi connectivity index (χ0) is 19.6. The molecule has 1 heterocycles. The molecule has 0 radical (unpaired) electrons. The fourth-order valence-corrected chi connectivity index (χ4v) is 2.74. The van der Waals surface area contributed by atoms with Crippen LogP contribution in [0.2, 0.25) is 0 Å². The third-order valence-corrected chi connectivity index (χ3v) is 4.17. The third kappa shape index (κ3) is 4.02. The molecule has 0 spiro atoms. The molecule has 27 heavy (non-hydrogen) atoms. The number of nitrogens with one attached hydrogen (secondary N) is 1. The number of anilines is 1. The lowest BCUT2D eigenvalue weighted by Crippen LogP contribution is -2.40. The predicted octanol–water partition coefficient (Wildman–Crippen LogP) is 2.80. The van der Waals surface area contributed by atoms with Crippen molar-refractivity contribution < 1.29 is 27.2 Å². The largest absolute Gasteiger partial charge is 0.350 e. The molecule has 142 valence electrons. The zero-order valence-electron chi connectivity index (χ0n) is 14.0. The summed E-state index contributed by atoms with van der Waals surface area (Å²) >= 11 is 0. The molecule has 9 heteroatoms. The molecule has 3 rings (SSSR count). The van der Waals surface area contributed by atoms with Gasteiger partial charge in [-0.3, -0.25) is 9.69 Å². The van der Waals surface area contributed by atoms with E-state index in [0.29, 0.717) is 0 Å². The van der Waals surface area contributed by atoms with Crippen LogP contribution in [0.3, 0.4) is 0 Å². The van der Waals surface area contributed by atoms with E-state index in [4.69, 9.17) is 0 Å². The van der Waals surface area contributed by atoms with Crippen molar-refractivity contribution >= 4 is 17.6 Å². The molecule has 5 nitrogen and oxygen atoms in total. The molecule has 0 aliphatic carbocycles. The summed E-state index contributed by atoms with van der Waals surface area (Å²) in [5.41, 5.74) is -0.0998. The van der Waals surface area contributed by atoms with Crippen molar-refractivity contribution in [1.29, 1.82) is 0 Å². The van der Waals surface area contributed by atoms with Gasteiger partial charge in [0, 0.05) is 37.0 Å². The van der Waals surface area contributed by atoms with Crippen LogP contribution >= 0.6 is 0 Å². The first-order valence-corrected chi connectivity index (χ1v) is 8.08. The number of carbonyl (C=O) groups is 2. The molecule has 1 aliphatic rings. The lowest BCUT2D eigenvalue weighted by atomic mass is 10.2. The van der Waals surface area contributed by atoms with Crippen molar-refractivity contribution in [3.05, 3.63) is 65.2 Å². The molecule has 1 fully saturated rings. The van der Waals surface area contributed by atoms with Gasteiger partial charge in [0.25, 0.3) is 0 Å². The maximum Gasteiger partial charge on any atom is 0.325 e. The number of carbonyl (C=O) groups excluding carboxylic acids is 2. The molecular formula is C18H15F4N3O2. The van der Waals surface area contributed by atoms with Crippen LogP contribution in [0.25, 0.3) is 0 Å². The highest BCUT2D eigenvalue weighted by Crippen LogP contribution is 2.22. The Morgan fingerprint density at radius 1 is 0.963 bits per heavy atom. The Labute approximate surface area is 152 Å². The normalized spacial score (nSPS) is 14.0. The second-order valence-corrected chi connectivity index (χ2v) is 5.93. The summed E-state index contributed by atoms with van der Waals surface area (Å²) in [4.78, 5) is 26.8. The standard InChI is InChI=1S/C18H15F4N3O2/c19-13-2-1-3-14(20)12(13)9-23-17(26)10-24-6-7-25(18(24)27)11-4-5-15(21)16(22)8-11/h1-5,8H,6-7,9-10H2,(H,23,26). The Morgan fingerprint density at radius 3 is 2.33 bits per heavy atom. The summed E-state index contributed by atoms with van der Waals surface area (Å²) in [6, 6.07) is 5.90. The number of rotatable bonds is 5. The van der Waals surface area contributed by atoms with Gasteiger partial charge in [-0.05, 0) is 24.3 Å². The van der Waals surface area contributed by atoms with Crippen LogP contribution in [-0.2, 0) is 11.3 Å². The van der Waals surface area contributed by atoms with E-state index in [1.165, 1.54) is 21.9 Å². The van der Waals surface area contributed by atoms with Gasteiger partial charge in [-0.1, -0.05) is 6.07 Å². The molecule has 0 bridgehead atoms. The quantitative estimate of drug-likeness (QED) is 0.810. The molecule has 1 N–H and O–H groups in total. The second kappa shape index (κ2) is 7.65. The maximum atomic E-state index is 13.5. The highest BCUT2D eigenvalue weighted by atomic mass is 19.2. The fourth-order valence-electron chi connectivity index (χ4n) is 2.74. The molecule has 1 aliphatic heterocycles. The van der Waals surface area contributed by atoms with Gasteiger partial charge in [0.1, 0.15) is 18.2 Å². The third-order valence-electron chi connectivity index (χ3n) is 4.17. The average Bonchev–Trinajstić information content (AvgIpc) is 2.97. The minimum Gasteiger partial charge on any atom is -0.350 e. The van der Waals surface area contributed by atoms with Crippen molar-refractivity contribution in [2.45, 2.75) is 6.54 Å². The summed E-state index contributed by atoms with van der Waals surface area (Å²) in [7, 11) is 0. The topological polar surface area (TPSA) is 52.7 Å². The summed E-state index contributed by atoms with van der Waals surface area (Å²) in [5, 5.41) is 2.36. The van der Waals surface area contributed by atoms with E-state index in [9.17, 15) is 27.2 Å². The number of amides is 3. The van der Waals surface area contributed by atoms with Gasteiger partial charge in [0.05, 0.1) is 0 Å². The highest BCUT2D eigenvalue weighted by Gasteiger charge is 2.31. The summed E-state index contributed by atoms with van der Waals surface area (Å²) in [6.45, 7) is -0.292. The molecule has 2 aromatic carbocycles. The molecule has 0 saturated carbocycles. The fraction of sp³-hybridized carbons (Fsp3) is 0.222. The van der Waals surface area contributed by atoms with Crippen molar-refractivity contribution in [3.8, 4) is 0 Å². The van der Waals surface area contributed by atoms with Gasteiger partial charge < -0.3 is 10.2 Å². The van der Waals surface area contributed by atoms with E-state index in [-0.39, 0.29) is 37.4 Å². The Kier molecular flexibility index (Phi) is 5.29. The maximum absolute atomic E-state index is 13.5. The van der Waals surface area contributed by atoms with Crippen molar-refractivity contribution in [2.75, 3.05) is 24.5 Å². The van der Waals surface area contributed by atoms with Gasteiger partial charge in [-0.2, -0.15) is 0 Å². The first-order chi connectivity index (χ1) is 12.9. The van der Waals surface area contributed by atoms with Crippen LogP contribution in [0.1, 0.15) is 5.56 Å². The number of hydrogen-bond donors (Lipinski definition) is 1. The van der Waals surface area contributed by atoms with Crippen LogP contribution in [0.4, 0.5) is 28.0 Å². The summed E-state index contributed by atoms with van der Waals surface area (Å²) in [6.07, 6.45) is 0. The van der Waals surface area contributed by atoms with Gasteiger partial charge in [-0.15, -0.1) is 0 Å². The lowest BCUT2D eigenvalue weighted by Gasteiger charge is -2.18. The van der Waals surface area contributed by atoms with E-state index in [1.54, 1.807) is 0 Å². The Hall–Kier alpha value is -3.10. The van der Waals surface area contributed by atoms with E-state index >= 15 is 0 Å². The molecule has 0 unspecified atom stereocenters. The first kappa shape index (κ1) is 18.7. The van der Waals surface area contributed by atoms with Crippen LogP contribution < -0.4 is 10.2 Å². The number of benzene rings is 2. The number of halogens is 4. The van der Waals surface area contributed by atoms with Gasteiger partial charge in [0.2, 0.25) is 5.91 Å². The van der Waals surface area contributed by atoms with Gasteiger partial charge in [-0.25, -0.2) is 22.4 Å². The van der Waals surface area contributed by atoms with Gasteiger partial charge >= 0.3 is 6.03 Å². The van der Waals surface area contributed by atoms with Crippen molar-refractivity contribution in [2.24, 2.45) is 0 Å². The first-order valence-electron chi connectivity index (χ1n) is 8.08. The molecule has 3 amide bonds. The van der Waals surface area contributed by atoms with Gasteiger partial charge in [0.15, 0.2) is 11.6 Å². The Bertz CT molecular complexity index is 871. The van der Waals surface area contributed by atoms with E-state index in [2.05, 4.69) is 5.32 Å². The Morgan fingerprint density at radius 2 is 1.67 bits per heavy atom. The van der Waals surface area contributed by atoms with Crippen molar-refractivity contribution in [1.82, 2.24) is 10.2 Å². The van der Waals surface area contributed by atoms with Crippen LogP contribution in [0.5, 0.6) is 0 Å². The highest BCUT2D eigenvalue weighted by molar-refractivity contribution is 5.96. The van der Waals surface area contributed by atoms with Crippen molar-refractivity contribution in [3.63, 3.8) is 0 Å².